The Morgan fingerprint density at radius 1 is 1.30 bits per heavy atom. The van der Waals surface area contributed by atoms with E-state index >= 15 is 0 Å². The molecule has 0 amide bonds. The van der Waals surface area contributed by atoms with Gasteiger partial charge in [-0.2, -0.15) is 0 Å². The van der Waals surface area contributed by atoms with Gasteiger partial charge in [-0.25, -0.2) is 0 Å². The van der Waals surface area contributed by atoms with E-state index in [-0.39, 0.29) is 0 Å². The maximum Gasteiger partial charge on any atom is 0.173 e. The molecule has 3 rings (SSSR count). The molecule has 0 aromatic heterocycles. The SMILES string of the molecule is C[C@@H]1CCc2ccccc2N1C(=S)NCCCN1CCOCC1. The van der Waals surface area contributed by atoms with Gasteiger partial charge < -0.3 is 15.0 Å². The number of hydrogen-bond donors (Lipinski definition) is 1. The molecule has 0 aliphatic carbocycles. The summed E-state index contributed by atoms with van der Waals surface area (Å²) in [5, 5.41) is 4.33. The fourth-order valence-corrected chi connectivity index (χ4v) is 3.79. The van der Waals surface area contributed by atoms with Crippen LogP contribution in [-0.4, -0.2) is 55.4 Å². The highest BCUT2D eigenvalue weighted by Gasteiger charge is 2.25. The summed E-state index contributed by atoms with van der Waals surface area (Å²) < 4.78 is 5.38. The summed E-state index contributed by atoms with van der Waals surface area (Å²) in [5.74, 6) is 0. The minimum atomic E-state index is 0.462. The first kappa shape index (κ1) is 16.7. The topological polar surface area (TPSA) is 27.7 Å². The molecule has 1 saturated heterocycles. The van der Waals surface area contributed by atoms with Crippen LogP contribution in [0.25, 0.3) is 0 Å². The van der Waals surface area contributed by atoms with E-state index in [4.69, 9.17) is 17.0 Å². The van der Waals surface area contributed by atoms with Crippen LogP contribution in [-0.2, 0) is 11.2 Å². The number of ether oxygens (including phenoxy) is 1. The normalized spacial score (nSPS) is 21.8. The van der Waals surface area contributed by atoms with Crippen LogP contribution in [0, 0.1) is 0 Å². The molecule has 1 N–H and O–H groups in total. The van der Waals surface area contributed by atoms with Gasteiger partial charge in [-0.3, -0.25) is 4.90 Å². The van der Waals surface area contributed by atoms with Gasteiger partial charge in [0.2, 0.25) is 0 Å². The Balaban J connectivity index is 1.49. The second kappa shape index (κ2) is 8.08. The average molecular weight is 334 g/mol. The lowest BCUT2D eigenvalue weighted by Gasteiger charge is -2.37. The van der Waals surface area contributed by atoms with Gasteiger partial charge in [0, 0.05) is 31.4 Å². The molecule has 1 fully saturated rings. The summed E-state index contributed by atoms with van der Waals surface area (Å²) in [6, 6.07) is 9.09. The maximum atomic E-state index is 5.68. The van der Waals surface area contributed by atoms with Crippen molar-refractivity contribution < 1.29 is 4.74 Å². The van der Waals surface area contributed by atoms with Crippen LogP contribution >= 0.6 is 12.2 Å². The summed E-state index contributed by atoms with van der Waals surface area (Å²) >= 11 is 5.68. The molecule has 126 valence electrons. The summed E-state index contributed by atoms with van der Waals surface area (Å²) in [6.45, 7) is 8.16. The van der Waals surface area contributed by atoms with Crippen molar-refractivity contribution in [2.45, 2.75) is 32.2 Å². The highest BCUT2D eigenvalue weighted by molar-refractivity contribution is 7.80. The van der Waals surface area contributed by atoms with Gasteiger partial charge in [-0.1, -0.05) is 18.2 Å². The zero-order valence-electron chi connectivity index (χ0n) is 14.0. The third kappa shape index (κ3) is 4.22. The van der Waals surface area contributed by atoms with E-state index in [0.29, 0.717) is 6.04 Å². The highest BCUT2D eigenvalue weighted by atomic mass is 32.1. The lowest BCUT2D eigenvalue weighted by molar-refractivity contribution is 0.0376. The lowest BCUT2D eigenvalue weighted by atomic mass is 9.97. The summed E-state index contributed by atoms with van der Waals surface area (Å²) in [5.41, 5.74) is 2.68. The van der Waals surface area contributed by atoms with E-state index in [2.05, 4.69) is 46.3 Å². The Morgan fingerprint density at radius 2 is 2.09 bits per heavy atom. The van der Waals surface area contributed by atoms with Crippen LogP contribution < -0.4 is 10.2 Å². The zero-order valence-corrected chi connectivity index (χ0v) is 14.8. The molecule has 5 heteroatoms. The van der Waals surface area contributed by atoms with Crippen molar-refractivity contribution in [1.82, 2.24) is 10.2 Å². The standard InChI is InChI=1S/C18H27N3OS/c1-15-7-8-16-5-2-3-6-17(16)21(15)18(23)19-9-4-10-20-11-13-22-14-12-20/h2-3,5-6,15H,4,7-14H2,1H3,(H,19,23)/t15-/m1/s1. The average Bonchev–Trinajstić information content (AvgIpc) is 2.59. The first-order valence-electron chi connectivity index (χ1n) is 8.71. The van der Waals surface area contributed by atoms with E-state index in [9.17, 15) is 0 Å². The third-order valence-corrected chi connectivity index (χ3v) is 5.11. The highest BCUT2D eigenvalue weighted by Crippen LogP contribution is 2.30. The molecule has 0 saturated carbocycles. The van der Waals surface area contributed by atoms with Crippen LogP contribution in [0.1, 0.15) is 25.3 Å². The van der Waals surface area contributed by atoms with Crippen molar-refractivity contribution in [3.63, 3.8) is 0 Å². The molecule has 0 bridgehead atoms. The minimum absolute atomic E-state index is 0.462. The second-order valence-electron chi connectivity index (χ2n) is 6.43. The second-order valence-corrected chi connectivity index (χ2v) is 6.81. The maximum absolute atomic E-state index is 5.68. The number of aryl methyl sites for hydroxylation is 1. The van der Waals surface area contributed by atoms with Gasteiger partial charge in [-0.15, -0.1) is 0 Å². The quantitative estimate of drug-likeness (QED) is 0.675. The van der Waals surface area contributed by atoms with Crippen molar-refractivity contribution in [1.29, 1.82) is 0 Å². The molecule has 1 aromatic carbocycles. The van der Waals surface area contributed by atoms with Crippen molar-refractivity contribution in [3.05, 3.63) is 29.8 Å². The number of morpholine rings is 1. The number of nitrogens with one attached hydrogen (secondary N) is 1. The Morgan fingerprint density at radius 3 is 2.91 bits per heavy atom. The van der Waals surface area contributed by atoms with Gasteiger partial charge in [0.1, 0.15) is 0 Å². The molecule has 1 atom stereocenters. The van der Waals surface area contributed by atoms with Crippen molar-refractivity contribution in [3.8, 4) is 0 Å². The first-order valence-corrected chi connectivity index (χ1v) is 9.11. The predicted octanol–water partition coefficient (Wildman–Crippen LogP) is 2.42. The van der Waals surface area contributed by atoms with Gasteiger partial charge in [0.15, 0.2) is 5.11 Å². The number of anilines is 1. The van der Waals surface area contributed by atoms with Crippen LogP contribution in [0.4, 0.5) is 5.69 Å². The number of benzene rings is 1. The fourth-order valence-electron chi connectivity index (χ4n) is 3.41. The molecular formula is C18H27N3OS. The van der Waals surface area contributed by atoms with Crippen LogP contribution in [0.15, 0.2) is 24.3 Å². The van der Waals surface area contributed by atoms with Crippen molar-refractivity contribution in [2.75, 3.05) is 44.3 Å². The summed E-state index contributed by atoms with van der Waals surface area (Å²) in [7, 11) is 0. The zero-order chi connectivity index (χ0) is 16.1. The van der Waals surface area contributed by atoms with E-state index in [1.54, 1.807) is 0 Å². The number of thiocarbonyl (C=S) groups is 1. The Bertz CT molecular complexity index is 531. The third-order valence-electron chi connectivity index (χ3n) is 4.77. The number of rotatable bonds is 4. The smallest absolute Gasteiger partial charge is 0.173 e. The van der Waals surface area contributed by atoms with E-state index < -0.39 is 0 Å². The number of para-hydroxylation sites is 1. The largest absolute Gasteiger partial charge is 0.379 e. The molecule has 1 aromatic rings. The Kier molecular flexibility index (Phi) is 5.86. The van der Waals surface area contributed by atoms with E-state index in [0.717, 1.165) is 63.8 Å². The molecule has 2 heterocycles. The van der Waals surface area contributed by atoms with Gasteiger partial charge in [0.05, 0.1) is 13.2 Å². The molecule has 0 spiro atoms. The van der Waals surface area contributed by atoms with E-state index in [1.165, 1.54) is 11.3 Å². The molecule has 23 heavy (non-hydrogen) atoms. The molecule has 4 nitrogen and oxygen atoms in total. The Labute approximate surface area is 144 Å². The number of fused-ring (bicyclic) bond motifs is 1. The van der Waals surface area contributed by atoms with Crippen LogP contribution in [0.5, 0.6) is 0 Å². The van der Waals surface area contributed by atoms with Crippen LogP contribution in [0.3, 0.4) is 0 Å². The van der Waals surface area contributed by atoms with Gasteiger partial charge >= 0.3 is 0 Å². The fraction of sp³-hybridized carbons (Fsp3) is 0.611. The molecular weight excluding hydrogens is 306 g/mol. The van der Waals surface area contributed by atoms with Gasteiger partial charge in [0.25, 0.3) is 0 Å². The van der Waals surface area contributed by atoms with Gasteiger partial charge in [-0.05, 0) is 56.6 Å². The molecule has 2 aliphatic heterocycles. The predicted molar refractivity (Wildman–Crippen MR) is 99.2 cm³/mol. The van der Waals surface area contributed by atoms with Crippen molar-refractivity contribution >= 4 is 23.0 Å². The first-order chi connectivity index (χ1) is 11.3. The summed E-state index contributed by atoms with van der Waals surface area (Å²) in [4.78, 5) is 4.76. The number of nitrogens with zero attached hydrogens (tertiary/aromatic N) is 2. The molecule has 0 radical (unpaired) electrons. The monoisotopic (exact) mass is 333 g/mol. The molecule has 0 unspecified atom stereocenters. The summed E-state index contributed by atoms with van der Waals surface area (Å²) in [6.07, 6.45) is 3.42. The number of hydrogen-bond acceptors (Lipinski definition) is 3. The van der Waals surface area contributed by atoms with Crippen LogP contribution in [0.2, 0.25) is 0 Å². The minimum Gasteiger partial charge on any atom is -0.379 e. The van der Waals surface area contributed by atoms with E-state index in [1.807, 2.05) is 0 Å². The lowest BCUT2D eigenvalue weighted by Crippen LogP contribution is -2.48. The molecule has 2 aliphatic rings. The Hall–Kier alpha value is -1.17. The van der Waals surface area contributed by atoms with Crippen molar-refractivity contribution in [2.24, 2.45) is 0 Å².